The van der Waals surface area contributed by atoms with Crippen molar-refractivity contribution in [3.8, 4) is 0 Å². The van der Waals surface area contributed by atoms with E-state index in [0.717, 1.165) is 23.2 Å². The maximum absolute atomic E-state index is 14.0. The number of nitrogens with one attached hydrogen (secondary N) is 1. The van der Waals surface area contributed by atoms with Gasteiger partial charge in [-0.2, -0.15) is 0 Å². The molecule has 2 rings (SSSR count). The summed E-state index contributed by atoms with van der Waals surface area (Å²) in [5, 5.41) is 3.20. The number of benzene rings is 2. The summed E-state index contributed by atoms with van der Waals surface area (Å²) in [7, 11) is 0. The summed E-state index contributed by atoms with van der Waals surface area (Å²) < 4.78 is 14.0. The van der Waals surface area contributed by atoms with Gasteiger partial charge in [-0.15, -0.1) is 0 Å². The van der Waals surface area contributed by atoms with Crippen LogP contribution in [0.15, 0.2) is 36.4 Å². The highest BCUT2D eigenvalue weighted by molar-refractivity contribution is 5.67. The van der Waals surface area contributed by atoms with E-state index in [1.54, 1.807) is 6.07 Å². The number of halogens is 1. The average molecular weight is 258 g/mol. The molecule has 0 spiro atoms. The van der Waals surface area contributed by atoms with Gasteiger partial charge in [0.1, 0.15) is 5.82 Å². The predicted molar refractivity (Wildman–Crippen MR) is 78.1 cm³/mol. The fourth-order valence-corrected chi connectivity index (χ4v) is 2.12. The van der Waals surface area contributed by atoms with Crippen LogP contribution in [-0.4, -0.2) is 0 Å². The number of para-hydroxylation sites is 1. The van der Waals surface area contributed by atoms with Crippen LogP contribution in [0.1, 0.15) is 23.6 Å². The molecule has 0 amide bonds. The van der Waals surface area contributed by atoms with E-state index in [1.165, 1.54) is 11.6 Å². The zero-order valence-corrected chi connectivity index (χ0v) is 11.3. The van der Waals surface area contributed by atoms with Gasteiger partial charge in [-0.1, -0.05) is 31.2 Å². The Morgan fingerprint density at radius 2 is 2.00 bits per heavy atom. The minimum atomic E-state index is -0.270. The van der Waals surface area contributed by atoms with Crippen molar-refractivity contribution >= 4 is 11.4 Å². The molecular formula is C16H19FN2. The first kappa shape index (κ1) is 13.6. The Morgan fingerprint density at radius 3 is 2.63 bits per heavy atom. The van der Waals surface area contributed by atoms with E-state index in [4.69, 9.17) is 5.73 Å². The highest BCUT2D eigenvalue weighted by Gasteiger charge is 2.08. The summed E-state index contributed by atoms with van der Waals surface area (Å²) in [5.74, 6) is -0.270. The zero-order chi connectivity index (χ0) is 13.8. The predicted octanol–water partition coefficient (Wildman–Crippen LogP) is 3.90. The van der Waals surface area contributed by atoms with Gasteiger partial charge in [0.25, 0.3) is 0 Å². The molecule has 0 aromatic heterocycles. The molecule has 0 fully saturated rings. The van der Waals surface area contributed by atoms with Crippen molar-refractivity contribution in [2.45, 2.75) is 26.8 Å². The molecule has 0 aliphatic rings. The van der Waals surface area contributed by atoms with Crippen molar-refractivity contribution in [1.82, 2.24) is 0 Å². The van der Waals surface area contributed by atoms with Gasteiger partial charge in [0.15, 0.2) is 0 Å². The van der Waals surface area contributed by atoms with Crippen molar-refractivity contribution in [3.05, 3.63) is 58.9 Å². The van der Waals surface area contributed by atoms with Crippen LogP contribution in [0.3, 0.4) is 0 Å². The van der Waals surface area contributed by atoms with Crippen LogP contribution in [0.2, 0.25) is 0 Å². The molecule has 2 aromatic rings. The van der Waals surface area contributed by atoms with Crippen LogP contribution in [0, 0.1) is 12.7 Å². The first-order chi connectivity index (χ1) is 9.15. The summed E-state index contributed by atoms with van der Waals surface area (Å²) in [6, 6.07) is 11.2. The van der Waals surface area contributed by atoms with E-state index >= 15 is 0 Å². The number of aryl methyl sites for hydroxylation is 2. The molecule has 2 aromatic carbocycles. The van der Waals surface area contributed by atoms with E-state index < -0.39 is 0 Å². The molecular weight excluding hydrogens is 239 g/mol. The molecule has 0 saturated carbocycles. The van der Waals surface area contributed by atoms with Crippen molar-refractivity contribution in [2.24, 2.45) is 5.73 Å². The first-order valence-electron chi connectivity index (χ1n) is 6.49. The lowest BCUT2D eigenvalue weighted by molar-refractivity contribution is 0.629. The van der Waals surface area contributed by atoms with Crippen molar-refractivity contribution < 1.29 is 4.39 Å². The van der Waals surface area contributed by atoms with E-state index in [1.807, 2.05) is 25.1 Å². The maximum atomic E-state index is 14.0. The largest absolute Gasteiger partial charge is 0.353 e. The summed E-state index contributed by atoms with van der Waals surface area (Å²) in [6.45, 7) is 4.46. The molecule has 0 heterocycles. The summed E-state index contributed by atoms with van der Waals surface area (Å²) in [4.78, 5) is 0. The zero-order valence-electron chi connectivity index (χ0n) is 11.3. The van der Waals surface area contributed by atoms with E-state index in [9.17, 15) is 4.39 Å². The molecule has 0 unspecified atom stereocenters. The Kier molecular flexibility index (Phi) is 4.17. The molecule has 0 bridgehead atoms. The van der Waals surface area contributed by atoms with E-state index in [2.05, 4.69) is 18.3 Å². The fourth-order valence-electron chi connectivity index (χ4n) is 2.12. The average Bonchev–Trinajstić information content (AvgIpc) is 2.42. The Bertz CT molecular complexity index is 579. The number of hydrogen-bond donors (Lipinski definition) is 2. The fraction of sp³-hybridized carbons (Fsp3) is 0.250. The van der Waals surface area contributed by atoms with Crippen LogP contribution >= 0.6 is 0 Å². The van der Waals surface area contributed by atoms with Gasteiger partial charge in [-0.3, -0.25) is 0 Å². The third-order valence-electron chi connectivity index (χ3n) is 3.27. The second-order valence-electron chi connectivity index (χ2n) is 4.61. The van der Waals surface area contributed by atoms with Gasteiger partial charge in [0.05, 0.1) is 5.69 Å². The smallest absolute Gasteiger partial charge is 0.146 e. The van der Waals surface area contributed by atoms with Gasteiger partial charge in [-0.05, 0) is 42.2 Å². The normalized spacial score (nSPS) is 10.5. The third kappa shape index (κ3) is 2.93. The molecule has 100 valence electrons. The van der Waals surface area contributed by atoms with Gasteiger partial charge >= 0.3 is 0 Å². The monoisotopic (exact) mass is 258 g/mol. The SMILES string of the molecule is CCc1cccc(C)c1Nc1ccc(CN)cc1F. The number of nitrogens with two attached hydrogens (primary N) is 1. The lowest BCUT2D eigenvalue weighted by atomic mass is 10.1. The lowest BCUT2D eigenvalue weighted by Crippen LogP contribution is -2.02. The van der Waals surface area contributed by atoms with Crippen LogP contribution in [0.25, 0.3) is 0 Å². The van der Waals surface area contributed by atoms with Gasteiger partial charge in [0, 0.05) is 12.2 Å². The molecule has 0 saturated heterocycles. The highest BCUT2D eigenvalue weighted by atomic mass is 19.1. The van der Waals surface area contributed by atoms with Crippen molar-refractivity contribution in [2.75, 3.05) is 5.32 Å². The molecule has 3 heteroatoms. The van der Waals surface area contributed by atoms with Crippen molar-refractivity contribution in [3.63, 3.8) is 0 Å². The van der Waals surface area contributed by atoms with Crippen LogP contribution in [0.4, 0.5) is 15.8 Å². The molecule has 0 aliphatic heterocycles. The third-order valence-corrected chi connectivity index (χ3v) is 3.27. The van der Waals surface area contributed by atoms with E-state index in [0.29, 0.717) is 12.2 Å². The molecule has 0 atom stereocenters. The highest BCUT2D eigenvalue weighted by Crippen LogP contribution is 2.27. The van der Waals surface area contributed by atoms with E-state index in [-0.39, 0.29) is 5.82 Å². The minimum Gasteiger partial charge on any atom is -0.353 e. The first-order valence-corrected chi connectivity index (χ1v) is 6.49. The second-order valence-corrected chi connectivity index (χ2v) is 4.61. The molecule has 0 aliphatic carbocycles. The van der Waals surface area contributed by atoms with Gasteiger partial charge < -0.3 is 11.1 Å². The Labute approximate surface area is 113 Å². The molecule has 19 heavy (non-hydrogen) atoms. The van der Waals surface area contributed by atoms with Gasteiger partial charge in [-0.25, -0.2) is 4.39 Å². The maximum Gasteiger partial charge on any atom is 0.146 e. The quantitative estimate of drug-likeness (QED) is 0.873. The Hall–Kier alpha value is -1.87. The Balaban J connectivity index is 2.36. The number of rotatable bonds is 4. The summed E-state index contributed by atoms with van der Waals surface area (Å²) >= 11 is 0. The van der Waals surface area contributed by atoms with Crippen molar-refractivity contribution in [1.29, 1.82) is 0 Å². The standard InChI is InChI=1S/C16H19FN2/c1-3-13-6-4-5-11(2)16(13)19-15-8-7-12(10-18)9-14(15)17/h4-9,19H,3,10,18H2,1-2H3. The second kappa shape index (κ2) is 5.85. The lowest BCUT2D eigenvalue weighted by Gasteiger charge is -2.15. The van der Waals surface area contributed by atoms with Crippen LogP contribution < -0.4 is 11.1 Å². The summed E-state index contributed by atoms with van der Waals surface area (Å²) in [5.41, 5.74) is 10.1. The summed E-state index contributed by atoms with van der Waals surface area (Å²) in [6.07, 6.45) is 0.909. The number of hydrogen-bond acceptors (Lipinski definition) is 2. The molecule has 2 nitrogen and oxygen atoms in total. The van der Waals surface area contributed by atoms with Gasteiger partial charge in [0.2, 0.25) is 0 Å². The Morgan fingerprint density at radius 1 is 1.21 bits per heavy atom. The topological polar surface area (TPSA) is 38.0 Å². The van der Waals surface area contributed by atoms with Crippen LogP contribution in [0.5, 0.6) is 0 Å². The molecule has 0 radical (unpaired) electrons. The molecule has 3 N–H and O–H groups in total. The van der Waals surface area contributed by atoms with Crippen LogP contribution in [-0.2, 0) is 13.0 Å². The minimum absolute atomic E-state index is 0.270. The number of anilines is 2.